The van der Waals surface area contributed by atoms with Gasteiger partial charge >= 0.3 is 0 Å². The van der Waals surface area contributed by atoms with Crippen LogP contribution in [0.3, 0.4) is 0 Å². The fourth-order valence-electron chi connectivity index (χ4n) is 2.16. The fraction of sp³-hybridized carbons (Fsp3) is 0.538. The highest BCUT2D eigenvalue weighted by Crippen LogP contribution is 2.20. The van der Waals surface area contributed by atoms with Gasteiger partial charge in [0.25, 0.3) is 10.2 Å². The first-order valence-corrected chi connectivity index (χ1v) is 7.92. The molecule has 6 heteroatoms. The Morgan fingerprint density at radius 1 is 1.37 bits per heavy atom. The number of hydrogen-bond acceptors (Lipinski definition) is 3. The van der Waals surface area contributed by atoms with Crippen LogP contribution in [0.1, 0.15) is 24.5 Å². The molecule has 0 radical (unpaired) electrons. The van der Waals surface area contributed by atoms with E-state index in [-0.39, 0.29) is 6.54 Å². The molecular formula is C13H20N2O3S. The Bertz CT molecular complexity index is 528. The first-order valence-electron chi connectivity index (χ1n) is 6.48. The number of nitrogens with zero attached hydrogens (tertiary/aromatic N) is 1. The highest BCUT2D eigenvalue weighted by atomic mass is 32.2. The summed E-state index contributed by atoms with van der Waals surface area (Å²) in [5.74, 6) is 0. The minimum atomic E-state index is -3.45. The number of nitrogens with one attached hydrogen (secondary N) is 1. The SMILES string of the molecule is CC(O)CCNS(=O)(=O)N1CCc2ccccc2C1. The van der Waals surface area contributed by atoms with Crippen molar-refractivity contribution in [2.45, 2.75) is 32.4 Å². The second-order valence-corrected chi connectivity index (χ2v) is 6.64. The van der Waals surface area contributed by atoms with E-state index in [0.29, 0.717) is 19.5 Å². The summed E-state index contributed by atoms with van der Waals surface area (Å²) in [6.45, 7) is 2.82. The molecule has 1 heterocycles. The van der Waals surface area contributed by atoms with Crippen LogP contribution in [0, 0.1) is 0 Å². The Balaban J connectivity index is 1.99. The Morgan fingerprint density at radius 2 is 2.05 bits per heavy atom. The van der Waals surface area contributed by atoms with Crippen molar-refractivity contribution < 1.29 is 13.5 Å². The molecule has 1 aliphatic rings. The van der Waals surface area contributed by atoms with Crippen molar-refractivity contribution in [1.82, 2.24) is 9.03 Å². The predicted octanol–water partition coefficient (Wildman–Crippen LogP) is 0.650. The molecule has 2 rings (SSSR count). The van der Waals surface area contributed by atoms with Gasteiger partial charge in [0.15, 0.2) is 0 Å². The van der Waals surface area contributed by atoms with E-state index in [4.69, 9.17) is 5.11 Å². The van der Waals surface area contributed by atoms with E-state index in [9.17, 15) is 8.42 Å². The van der Waals surface area contributed by atoms with Crippen LogP contribution < -0.4 is 4.72 Å². The van der Waals surface area contributed by atoms with Crippen molar-refractivity contribution in [1.29, 1.82) is 0 Å². The van der Waals surface area contributed by atoms with E-state index in [1.54, 1.807) is 6.92 Å². The molecule has 19 heavy (non-hydrogen) atoms. The van der Waals surface area contributed by atoms with Gasteiger partial charge in [0.2, 0.25) is 0 Å². The summed E-state index contributed by atoms with van der Waals surface area (Å²) in [5.41, 5.74) is 2.28. The summed E-state index contributed by atoms with van der Waals surface area (Å²) in [6, 6.07) is 7.91. The van der Waals surface area contributed by atoms with E-state index in [2.05, 4.69) is 4.72 Å². The zero-order chi connectivity index (χ0) is 13.9. The van der Waals surface area contributed by atoms with Crippen molar-refractivity contribution in [3.63, 3.8) is 0 Å². The Kier molecular flexibility index (Phi) is 4.57. The number of benzene rings is 1. The second kappa shape index (κ2) is 6.00. The smallest absolute Gasteiger partial charge is 0.279 e. The predicted molar refractivity (Wildman–Crippen MR) is 73.8 cm³/mol. The van der Waals surface area contributed by atoms with Gasteiger partial charge < -0.3 is 5.11 Å². The maximum absolute atomic E-state index is 12.1. The van der Waals surface area contributed by atoms with Gasteiger partial charge in [-0.2, -0.15) is 12.7 Å². The van der Waals surface area contributed by atoms with Crippen molar-refractivity contribution in [2.75, 3.05) is 13.1 Å². The van der Waals surface area contributed by atoms with Crippen molar-refractivity contribution in [2.24, 2.45) is 0 Å². The first kappa shape index (κ1) is 14.5. The lowest BCUT2D eigenvalue weighted by Crippen LogP contribution is -2.43. The Hall–Kier alpha value is -0.950. The van der Waals surface area contributed by atoms with Crippen LogP contribution >= 0.6 is 0 Å². The molecular weight excluding hydrogens is 264 g/mol. The van der Waals surface area contributed by atoms with Crippen LogP contribution in [0.5, 0.6) is 0 Å². The Labute approximate surface area is 114 Å². The summed E-state index contributed by atoms with van der Waals surface area (Å²) >= 11 is 0. The van der Waals surface area contributed by atoms with E-state index in [0.717, 1.165) is 12.0 Å². The Morgan fingerprint density at radius 3 is 2.74 bits per heavy atom. The summed E-state index contributed by atoms with van der Waals surface area (Å²) in [4.78, 5) is 0. The first-order chi connectivity index (χ1) is 8.99. The summed E-state index contributed by atoms with van der Waals surface area (Å²) in [7, 11) is -3.45. The van der Waals surface area contributed by atoms with Crippen LogP contribution in [0.15, 0.2) is 24.3 Å². The van der Waals surface area contributed by atoms with E-state index >= 15 is 0 Å². The van der Waals surface area contributed by atoms with E-state index in [1.807, 2.05) is 24.3 Å². The highest BCUT2D eigenvalue weighted by molar-refractivity contribution is 7.87. The van der Waals surface area contributed by atoms with Crippen LogP contribution in [-0.2, 0) is 23.2 Å². The molecule has 1 atom stereocenters. The van der Waals surface area contributed by atoms with Gasteiger partial charge in [-0.3, -0.25) is 0 Å². The third kappa shape index (κ3) is 3.76. The van der Waals surface area contributed by atoms with Gasteiger partial charge in [-0.25, -0.2) is 4.72 Å². The molecule has 0 saturated carbocycles. The second-order valence-electron chi connectivity index (χ2n) is 4.89. The fourth-order valence-corrected chi connectivity index (χ4v) is 3.36. The zero-order valence-corrected chi connectivity index (χ0v) is 11.9. The van der Waals surface area contributed by atoms with Crippen LogP contribution in [-0.4, -0.2) is 37.0 Å². The lowest BCUT2D eigenvalue weighted by Gasteiger charge is -2.28. The molecule has 0 aromatic heterocycles. The van der Waals surface area contributed by atoms with Gasteiger partial charge in [-0.15, -0.1) is 0 Å². The van der Waals surface area contributed by atoms with Crippen LogP contribution in [0.2, 0.25) is 0 Å². The molecule has 1 unspecified atom stereocenters. The lowest BCUT2D eigenvalue weighted by molar-refractivity contribution is 0.186. The third-order valence-corrected chi connectivity index (χ3v) is 4.84. The largest absolute Gasteiger partial charge is 0.393 e. The maximum atomic E-state index is 12.1. The molecule has 5 nitrogen and oxygen atoms in total. The quantitative estimate of drug-likeness (QED) is 0.834. The van der Waals surface area contributed by atoms with Gasteiger partial charge in [0, 0.05) is 19.6 Å². The van der Waals surface area contributed by atoms with Crippen molar-refractivity contribution >= 4 is 10.2 Å². The molecule has 0 saturated heterocycles. The maximum Gasteiger partial charge on any atom is 0.279 e. The van der Waals surface area contributed by atoms with Crippen LogP contribution in [0.4, 0.5) is 0 Å². The molecule has 1 aliphatic heterocycles. The van der Waals surface area contributed by atoms with Gasteiger partial charge in [0.05, 0.1) is 6.10 Å². The molecule has 1 aromatic carbocycles. The molecule has 0 aliphatic carbocycles. The molecule has 0 bridgehead atoms. The van der Waals surface area contributed by atoms with Crippen LogP contribution in [0.25, 0.3) is 0 Å². The number of aliphatic hydroxyl groups excluding tert-OH is 1. The standard InChI is InChI=1S/C13H20N2O3S/c1-11(16)6-8-14-19(17,18)15-9-7-12-4-2-3-5-13(12)10-15/h2-5,11,14,16H,6-10H2,1H3. The average molecular weight is 284 g/mol. The number of rotatable bonds is 5. The normalized spacial score (nSPS) is 18.0. The number of hydrogen-bond donors (Lipinski definition) is 2. The summed E-state index contributed by atoms with van der Waals surface area (Å²) in [5, 5.41) is 9.14. The highest BCUT2D eigenvalue weighted by Gasteiger charge is 2.25. The number of fused-ring (bicyclic) bond motifs is 1. The number of aliphatic hydroxyl groups is 1. The summed E-state index contributed by atoms with van der Waals surface area (Å²) in [6.07, 6.45) is 0.668. The summed E-state index contributed by atoms with van der Waals surface area (Å²) < 4.78 is 28.2. The molecule has 2 N–H and O–H groups in total. The minimum absolute atomic E-state index is 0.262. The van der Waals surface area contributed by atoms with E-state index < -0.39 is 16.3 Å². The molecule has 106 valence electrons. The lowest BCUT2D eigenvalue weighted by atomic mass is 10.0. The molecule has 0 spiro atoms. The third-order valence-electron chi connectivity index (χ3n) is 3.28. The zero-order valence-electron chi connectivity index (χ0n) is 11.0. The van der Waals surface area contributed by atoms with Gasteiger partial charge in [0.1, 0.15) is 0 Å². The topological polar surface area (TPSA) is 69.6 Å². The van der Waals surface area contributed by atoms with Gasteiger partial charge in [-0.05, 0) is 30.9 Å². The monoisotopic (exact) mass is 284 g/mol. The molecule has 0 fully saturated rings. The molecule has 1 aromatic rings. The van der Waals surface area contributed by atoms with E-state index in [1.165, 1.54) is 9.87 Å². The minimum Gasteiger partial charge on any atom is -0.393 e. The van der Waals surface area contributed by atoms with Crippen molar-refractivity contribution in [3.05, 3.63) is 35.4 Å². The molecule has 0 amide bonds. The average Bonchev–Trinajstić information content (AvgIpc) is 2.37. The van der Waals surface area contributed by atoms with Gasteiger partial charge in [-0.1, -0.05) is 24.3 Å². The van der Waals surface area contributed by atoms with Crippen molar-refractivity contribution in [3.8, 4) is 0 Å².